The molecule has 1 N–H and O–H groups in total. The fourth-order valence-corrected chi connectivity index (χ4v) is 2.81. The molecule has 2 aliphatic rings. The van der Waals surface area contributed by atoms with Crippen molar-refractivity contribution in [1.82, 2.24) is 5.32 Å². The van der Waals surface area contributed by atoms with Crippen molar-refractivity contribution in [2.24, 2.45) is 5.92 Å². The zero-order chi connectivity index (χ0) is 13.2. The van der Waals surface area contributed by atoms with Crippen LogP contribution in [0.3, 0.4) is 0 Å². The second-order valence-electron chi connectivity index (χ2n) is 5.79. The Morgan fingerprint density at radius 2 is 2.05 bits per heavy atom. The molecule has 0 spiro atoms. The van der Waals surface area contributed by atoms with Crippen LogP contribution in [-0.4, -0.2) is 32.0 Å². The Labute approximate surface area is 115 Å². The SMILES string of the molecule is Cc1ccc(N2CCNCC2)c(CC(=O)C2CC2)c1. The second kappa shape index (κ2) is 5.33. The second-order valence-corrected chi connectivity index (χ2v) is 5.79. The molecule has 19 heavy (non-hydrogen) atoms. The van der Waals surface area contributed by atoms with Crippen LogP contribution in [0.1, 0.15) is 24.0 Å². The first-order valence-corrected chi connectivity index (χ1v) is 7.32. The molecule has 0 amide bonds. The third-order valence-electron chi connectivity index (χ3n) is 4.09. The van der Waals surface area contributed by atoms with Crippen LogP contribution in [0, 0.1) is 12.8 Å². The van der Waals surface area contributed by atoms with E-state index in [4.69, 9.17) is 0 Å². The van der Waals surface area contributed by atoms with Crippen LogP contribution in [-0.2, 0) is 11.2 Å². The average Bonchev–Trinajstić information content (AvgIpc) is 3.24. The minimum absolute atomic E-state index is 0.358. The van der Waals surface area contributed by atoms with E-state index < -0.39 is 0 Å². The predicted molar refractivity (Wildman–Crippen MR) is 77.7 cm³/mol. The number of benzene rings is 1. The molecule has 102 valence electrons. The van der Waals surface area contributed by atoms with Crippen LogP contribution >= 0.6 is 0 Å². The number of aryl methyl sites for hydroxylation is 1. The number of anilines is 1. The van der Waals surface area contributed by atoms with E-state index in [2.05, 4.69) is 35.3 Å². The molecule has 0 bridgehead atoms. The first kappa shape index (κ1) is 12.7. The molecule has 0 unspecified atom stereocenters. The molecule has 1 saturated carbocycles. The number of hydrogen-bond acceptors (Lipinski definition) is 3. The van der Waals surface area contributed by atoms with Crippen molar-refractivity contribution in [1.29, 1.82) is 0 Å². The Balaban J connectivity index is 1.82. The van der Waals surface area contributed by atoms with Gasteiger partial charge in [0.15, 0.2) is 0 Å². The van der Waals surface area contributed by atoms with Gasteiger partial charge in [0.25, 0.3) is 0 Å². The van der Waals surface area contributed by atoms with Crippen LogP contribution in [0.15, 0.2) is 18.2 Å². The number of Topliss-reactive ketones (excluding diaryl/α,β-unsaturated/α-hetero) is 1. The normalized spacial score (nSPS) is 19.5. The van der Waals surface area contributed by atoms with Gasteiger partial charge in [-0.3, -0.25) is 4.79 Å². The molecule has 3 heteroatoms. The molecule has 2 fully saturated rings. The van der Waals surface area contributed by atoms with Gasteiger partial charge in [0.2, 0.25) is 0 Å². The summed E-state index contributed by atoms with van der Waals surface area (Å²) in [5.41, 5.74) is 3.73. The molecular formula is C16H22N2O. The lowest BCUT2D eigenvalue weighted by Gasteiger charge is -2.31. The molecule has 3 rings (SSSR count). The van der Waals surface area contributed by atoms with Crippen LogP contribution in [0.5, 0.6) is 0 Å². The minimum Gasteiger partial charge on any atom is -0.369 e. The quantitative estimate of drug-likeness (QED) is 0.895. The lowest BCUT2D eigenvalue weighted by Crippen LogP contribution is -2.44. The van der Waals surface area contributed by atoms with Gasteiger partial charge in [0, 0.05) is 44.2 Å². The van der Waals surface area contributed by atoms with Crippen LogP contribution < -0.4 is 10.2 Å². The number of piperazine rings is 1. The summed E-state index contributed by atoms with van der Waals surface area (Å²) >= 11 is 0. The third kappa shape index (κ3) is 2.98. The van der Waals surface area contributed by atoms with Crippen LogP contribution in [0.25, 0.3) is 0 Å². The maximum absolute atomic E-state index is 12.1. The molecule has 0 atom stereocenters. The average molecular weight is 258 g/mol. The zero-order valence-corrected chi connectivity index (χ0v) is 11.6. The molecule has 0 aromatic heterocycles. The Hall–Kier alpha value is -1.35. The molecule has 1 aliphatic carbocycles. The summed E-state index contributed by atoms with van der Waals surface area (Å²) in [5, 5.41) is 3.38. The Morgan fingerprint density at radius 1 is 1.32 bits per heavy atom. The Bertz CT molecular complexity index is 474. The van der Waals surface area contributed by atoms with Gasteiger partial charge in [0.05, 0.1) is 0 Å². The fraction of sp³-hybridized carbons (Fsp3) is 0.562. The van der Waals surface area contributed by atoms with Gasteiger partial charge in [-0.25, -0.2) is 0 Å². The number of carbonyl (C=O) groups excluding carboxylic acids is 1. The molecular weight excluding hydrogens is 236 g/mol. The van der Waals surface area contributed by atoms with E-state index in [1.54, 1.807) is 0 Å². The van der Waals surface area contributed by atoms with E-state index in [9.17, 15) is 4.79 Å². The smallest absolute Gasteiger partial charge is 0.140 e. The van der Waals surface area contributed by atoms with E-state index in [1.807, 2.05) is 0 Å². The number of nitrogens with zero attached hydrogens (tertiary/aromatic N) is 1. The predicted octanol–water partition coefficient (Wildman–Crippen LogP) is 1.93. The third-order valence-corrected chi connectivity index (χ3v) is 4.09. The number of hydrogen-bond donors (Lipinski definition) is 1. The Morgan fingerprint density at radius 3 is 2.74 bits per heavy atom. The van der Waals surface area contributed by atoms with Crippen molar-refractivity contribution in [2.75, 3.05) is 31.1 Å². The molecule has 0 radical (unpaired) electrons. The summed E-state index contributed by atoms with van der Waals surface area (Å²) in [4.78, 5) is 14.5. The number of ketones is 1. The molecule has 1 saturated heterocycles. The first-order chi connectivity index (χ1) is 9.24. The summed E-state index contributed by atoms with van der Waals surface area (Å²) in [7, 11) is 0. The maximum atomic E-state index is 12.1. The largest absolute Gasteiger partial charge is 0.369 e. The van der Waals surface area contributed by atoms with Crippen molar-refractivity contribution < 1.29 is 4.79 Å². The monoisotopic (exact) mass is 258 g/mol. The van der Waals surface area contributed by atoms with Crippen molar-refractivity contribution in [3.05, 3.63) is 29.3 Å². The number of carbonyl (C=O) groups is 1. The lowest BCUT2D eigenvalue weighted by atomic mass is 10.0. The van der Waals surface area contributed by atoms with Crippen molar-refractivity contribution in [2.45, 2.75) is 26.2 Å². The summed E-state index contributed by atoms with van der Waals surface area (Å²) in [6.07, 6.45) is 2.83. The van der Waals surface area contributed by atoms with Gasteiger partial charge in [-0.1, -0.05) is 17.7 Å². The highest BCUT2D eigenvalue weighted by atomic mass is 16.1. The number of nitrogens with one attached hydrogen (secondary N) is 1. The Kier molecular flexibility index (Phi) is 3.56. The molecule has 1 aromatic carbocycles. The van der Waals surface area contributed by atoms with Gasteiger partial charge in [-0.15, -0.1) is 0 Å². The minimum atomic E-state index is 0.358. The lowest BCUT2D eigenvalue weighted by molar-refractivity contribution is -0.119. The van der Waals surface area contributed by atoms with E-state index in [1.165, 1.54) is 16.8 Å². The van der Waals surface area contributed by atoms with E-state index in [-0.39, 0.29) is 0 Å². The number of rotatable bonds is 4. The maximum Gasteiger partial charge on any atom is 0.140 e. The molecule has 1 aliphatic heterocycles. The summed E-state index contributed by atoms with van der Waals surface area (Å²) in [6.45, 7) is 6.24. The topological polar surface area (TPSA) is 32.3 Å². The van der Waals surface area contributed by atoms with E-state index >= 15 is 0 Å². The van der Waals surface area contributed by atoms with Gasteiger partial charge < -0.3 is 10.2 Å². The van der Waals surface area contributed by atoms with Gasteiger partial charge in [0.1, 0.15) is 5.78 Å². The van der Waals surface area contributed by atoms with Gasteiger partial charge in [-0.05, 0) is 31.4 Å². The van der Waals surface area contributed by atoms with E-state index in [0.717, 1.165) is 39.0 Å². The molecule has 1 aromatic rings. The van der Waals surface area contributed by atoms with Crippen LogP contribution in [0.2, 0.25) is 0 Å². The first-order valence-electron chi connectivity index (χ1n) is 7.32. The van der Waals surface area contributed by atoms with Crippen molar-refractivity contribution in [3.63, 3.8) is 0 Å². The summed E-state index contributed by atoms with van der Waals surface area (Å²) in [5.74, 6) is 0.790. The standard InChI is InChI=1S/C16H22N2O/c1-12-2-5-15(18-8-6-17-7-9-18)14(10-12)11-16(19)13-3-4-13/h2,5,10,13,17H,3-4,6-9,11H2,1H3. The zero-order valence-electron chi connectivity index (χ0n) is 11.6. The highest BCUT2D eigenvalue weighted by Crippen LogP contribution is 2.32. The summed E-state index contributed by atoms with van der Waals surface area (Å²) in [6, 6.07) is 6.54. The van der Waals surface area contributed by atoms with Gasteiger partial charge >= 0.3 is 0 Å². The summed E-state index contributed by atoms with van der Waals surface area (Å²) < 4.78 is 0. The van der Waals surface area contributed by atoms with E-state index in [0.29, 0.717) is 18.1 Å². The van der Waals surface area contributed by atoms with Gasteiger partial charge in [-0.2, -0.15) is 0 Å². The molecule has 1 heterocycles. The highest BCUT2D eigenvalue weighted by molar-refractivity contribution is 5.86. The van der Waals surface area contributed by atoms with Crippen molar-refractivity contribution >= 4 is 11.5 Å². The fourth-order valence-electron chi connectivity index (χ4n) is 2.81. The highest BCUT2D eigenvalue weighted by Gasteiger charge is 2.30. The van der Waals surface area contributed by atoms with Crippen LogP contribution in [0.4, 0.5) is 5.69 Å². The van der Waals surface area contributed by atoms with Crippen molar-refractivity contribution in [3.8, 4) is 0 Å². The molecule has 3 nitrogen and oxygen atoms in total.